The lowest BCUT2D eigenvalue weighted by atomic mass is 10.1. The SMILES string of the molecule is O=C(CN1CCN(c2nc3ccccc3nc2N2CCCCC2)CC1)Nc1nncs1. The Hall–Kier alpha value is -2.85. The molecule has 162 valence electrons. The largest absolute Gasteiger partial charge is 0.354 e. The number of piperidine rings is 1. The molecule has 31 heavy (non-hydrogen) atoms. The Kier molecular flexibility index (Phi) is 5.90. The molecule has 4 heterocycles. The fraction of sp³-hybridized carbons (Fsp3) is 0.476. The van der Waals surface area contributed by atoms with Crippen molar-refractivity contribution < 1.29 is 4.79 Å². The number of nitrogens with zero attached hydrogens (tertiary/aromatic N) is 7. The molecule has 2 aromatic heterocycles. The van der Waals surface area contributed by atoms with Crippen molar-refractivity contribution in [2.45, 2.75) is 19.3 Å². The van der Waals surface area contributed by atoms with Crippen LogP contribution >= 0.6 is 11.3 Å². The van der Waals surface area contributed by atoms with Crippen LogP contribution in [-0.2, 0) is 4.79 Å². The molecule has 0 unspecified atom stereocenters. The van der Waals surface area contributed by atoms with Crippen LogP contribution in [0.25, 0.3) is 11.0 Å². The van der Waals surface area contributed by atoms with Crippen molar-refractivity contribution in [1.29, 1.82) is 0 Å². The molecule has 0 radical (unpaired) electrons. The monoisotopic (exact) mass is 438 g/mol. The van der Waals surface area contributed by atoms with E-state index in [4.69, 9.17) is 9.97 Å². The molecule has 0 atom stereocenters. The number of carbonyl (C=O) groups is 1. The second-order valence-electron chi connectivity index (χ2n) is 7.96. The molecule has 1 N–H and O–H groups in total. The summed E-state index contributed by atoms with van der Waals surface area (Å²) in [6.45, 7) is 5.67. The third-order valence-corrected chi connectivity index (χ3v) is 6.44. The van der Waals surface area contributed by atoms with Crippen molar-refractivity contribution in [3.63, 3.8) is 0 Å². The molecule has 2 fully saturated rings. The van der Waals surface area contributed by atoms with E-state index in [9.17, 15) is 4.79 Å². The van der Waals surface area contributed by atoms with Crippen LogP contribution in [0.2, 0.25) is 0 Å². The molecule has 0 aliphatic carbocycles. The maximum absolute atomic E-state index is 12.3. The highest BCUT2D eigenvalue weighted by Crippen LogP contribution is 2.30. The van der Waals surface area contributed by atoms with Crippen molar-refractivity contribution in [3.05, 3.63) is 29.8 Å². The smallest absolute Gasteiger partial charge is 0.240 e. The van der Waals surface area contributed by atoms with E-state index in [1.54, 1.807) is 5.51 Å². The van der Waals surface area contributed by atoms with E-state index in [-0.39, 0.29) is 5.91 Å². The number of aromatic nitrogens is 4. The number of amides is 1. The molecule has 3 aromatic rings. The van der Waals surface area contributed by atoms with E-state index in [1.165, 1.54) is 30.6 Å². The molecule has 9 nitrogen and oxygen atoms in total. The standard InChI is InChI=1S/C21H26N8OS/c30-18(25-21-26-22-15-31-21)14-27-10-12-29(13-11-27)20-19(28-8-4-1-5-9-28)23-16-6-2-3-7-17(16)24-20/h2-3,6-7,15H,1,4-5,8-14H2,(H,25,26,30). The molecule has 5 rings (SSSR count). The zero-order chi connectivity index (χ0) is 21.0. The van der Waals surface area contributed by atoms with Gasteiger partial charge in [0.05, 0.1) is 17.6 Å². The fourth-order valence-electron chi connectivity index (χ4n) is 4.22. The van der Waals surface area contributed by atoms with Gasteiger partial charge in [-0.15, -0.1) is 10.2 Å². The summed E-state index contributed by atoms with van der Waals surface area (Å²) in [6, 6.07) is 8.09. The minimum Gasteiger partial charge on any atom is -0.354 e. The second-order valence-corrected chi connectivity index (χ2v) is 8.80. The zero-order valence-electron chi connectivity index (χ0n) is 17.4. The van der Waals surface area contributed by atoms with Gasteiger partial charge in [-0.3, -0.25) is 15.0 Å². The summed E-state index contributed by atoms with van der Waals surface area (Å²) in [4.78, 5) is 29.2. The molecular weight excluding hydrogens is 412 g/mol. The van der Waals surface area contributed by atoms with Crippen molar-refractivity contribution in [1.82, 2.24) is 25.1 Å². The highest BCUT2D eigenvalue weighted by atomic mass is 32.1. The lowest BCUT2D eigenvalue weighted by Crippen LogP contribution is -2.49. The third kappa shape index (κ3) is 4.59. The fourth-order valence-corrected chi connectivity index (χ4v) is 4.68. The van der Waals surface area contributed by atoms with Gasteiger partial charge in [0, 0.05) is 39.3 Å². The summed E-state index contributed by atoms with van der Waals surface area (Å²) in [7, 11) is 0. The summed E-state index contributed by atoms with van der Waals surface area (Å²) in [5.74, 6) is 1.92. The lowest BCUT2D eigenvalue weighted by molar-refractivity contribution is -0.117. The summed E-state index contributed by atoms with van der Waals surface area (Å²) in [6.07, 6.45) is 3.68. The summed E-state index contributed by atoms with van der Waals surface area (Å²) < 4.78 is 0. The quantitative estimate of drug-likeness (QED) is 0.649. The van der Waals surface area contributed by atoms with E-state index in [0.717, 1.165) is 61.9 Å². The van der Waals surface area contributed by atoms with Crippen LogP contribution in [0.4, 0.5) is 16.8 Å². The maximum atomic E-state index is 12.3. The minimum atomic E-state index is -0.0512. The second kappa shape index (κ2) is 9.11. The number of hydrogen-bond acceptors (Lipinski definition) is 9. The van der Waals surface area contributed by atoms with Crippen LogP contribution in [0.15, 0.2) is 29.8 Å². The molecule has 1 aromatic carbocycles. The van der Waals surface area contributed by atoms with Crippen LogP contribution in [-0.4, -0.2) is 76.8 Å². The molecule has 0 saturated carbocycles. The lowest BCUT2D eigenvalue weighted by Gasteiger charge is -2.37. The van der Waals surface area contributed by atoms with E-state index in [2.05, 4.69) is 30.2 Å². The van der Waals surface area contributed by atoms with Gasteiger partial charge in [-0.2, -0.15) is 0 Å². The van der Waals surface area contributed by atoms with Crippen LogP contribution in [0, 0.1) is 0 Å². The predicted molar refractivity (Wildman–Crippen MR) is 123 cm³/mol. The van der Waals surface area contributed by atoms with Gasteiger partial charge in [-0.25, -0.2) is 9.97 Å². The first kappa shape index (κ1) is 20.1. The molecule has 0 bridgehead atoms. The highest BCUT2D eigenvalue weighted by molar-refractivity contribution is 7.13. The number of hydrogen-bond donors (Lipinski definition) is 1. The van der Waals surface area contributed by atoms with Gasteiger partial charge in [-0.1, -0.05) is 23.5 Å². The van der Waals surface area contributed by atoms with Crippen LogP contribution in [0.5, 0.6) is 0 Å². The van der Waals surface area contributed by atoms with Crippen molar-refractivity contribution in [2.24, 2.45) is 0 Å². The average molecular weight is 439 g/mol. The molecule has 2 aliphatic rings. The Morgan fingerprint density at radius 2 is 1.55 bits per heavy atom. The Labute approximate surface area is 185 Å². The molecule has 2 saturated heterocycles. The first-order valence-corrected chi connectivity index (χ1v) is 11.7. The number of nitrogens with one attached hydrogen (secondary N) is 1. The van der Waals surface area contributed by atoms with E-state index in [0.29, 0.717) is 11.7 Å². The number of carbonyl (C=O) groups excluding carboxylic acids is 1. The number of anilines is 3. The number of fused-ring (bicyclic) bond motifs is 1. The normalized spacial score (nSPS) is 17.8. The number of piperazine rings is 1. The van der Waals surface area contributed by atoms with E-state index in [1.807, 2.05) is 24.3 Å². The van der Waals surface area contributed by atoms with Crippen LogP contribution < -0.4 is 15.1 Å². The molecule has 2 aliphatic heterocycles. The van der Waals surface area contributed by atoms with Crippen molar-refractivity contribution in [3.8, 4) is 0 Å². The Balaban J connectivity index is 1.30. The first-order chi connectivity index (χ1) is 15.3. The van der Waals surface area contributed by atoms with E-state index < -0.39 is 0 Å². The minimum absolute atomic E-state index is 0.0512. The predicted octanol–water partition coefficient (Wildman–Crippen LogP) is 2.23. The first-order valence-electron chi connectivity index (χ1n) is 10.8. The van der Waals surface area contributed by atoms with Crippen LogP contribution in [0.1, 0.15) is 19.3 Å². The summed E-state index contributed by atoms with van der Waals surface area (Å²) >= 11 is 1.33. The Morgan fingerprint density at radius 3 is 2.16 bits per heavy atom. The highest BCUT2D eigenvalue weighted by Gasteiger charge is 2.26. The van der Waals surface area contributed by atoms with Crippen LogP contribution in [0.3, 0.4) is 0 Å². The zero-order valence-corrected chi connectivity index (χ0v) is 18.2. The Morgan fingerprint density at radius 1 is 0.903 bits per heavy atom. The molecule has 10 heteroatoms. The van der Waals surface area contributed by atoms with Gasteiger partial charge < -0.3 is 9.80 Å². The third-order valence-electron chi connectivity index (χ3n) is 5.84. The molecule has 1 amide bonds. The molecular formula is C21H26N8OS. The van der Waals surface area contributed by atoms with Gasteiger partial charge in [-0.05, 0) is 31.4 Å². The summed E-state index contributed by atoms with van der Waals surface area (Å²) in [5.41, 5.74) is 3.48. The van der Waals surface area contributed by atoms with Gasteiger partial charge in [0.2, 0.25) is 11.0 Å². The number of rotatable bonds is 5. The molecule has 0 spiro atoms. The van der Waals surface area contributed by atoms with Gasteiger partial charge in [0.15, 0.2) is 11.6 Å². The van der Waals surface area contributed by atoms with Gasteiger partial charge in [0.1, 0.15) is 5.51 Å². The van der Waals surface area contributed by atoms with Gasteiger partial charge in [0.25, 0.3) is 0 Å². The topological polar surface area (TPSA) is 90.4 Å². The number of benzene rings is 1. The van der Waals surface area contributed by atoms with E-state index >= 15 is 0 Å². The van der Waals surface area contributed by atoms with Crippen molar-refractivity contribution >= 4 is 45.0 Å². The number of para-hydroxylation sites is 2. The maximum Gasteiger partial charge on any atom is 0.240 e. The van der Waals surface area contributed by atoms with Gasteiger partial charge >= 0.3 is 0 Å². The summed E-state index contributed by atoms with van der Waals surface area (Å²) in [5, 5.41) is 11.0. The van der Waals surface area contributed by atoms with Crippen molar-refractivity contribution in [2.75, 3.05) is 60.9 Å². The Bertz CT molecular complexity index is 1030. The average Bonchev–Trinajstić information content (AvgIpc) is 3.32.